The minimum Gasteiger partial charge on any atom is -0.352 e. The summed E-state index contributed by atoms with van der Waals surface area (Å²) >= 11 is 11.3. The van der Waals surface area contributed by atoms with Gasteiger partial charge in [-0.15, -0.1) is 0 Å². The Balaban J connectivity index is 2.79. The molecule has 0 atom stereocenters. The van der Waals surface area contributed by atoms with Crippen molar-refractivity contribution in [3.63, 3.8) is 0 Å². The predicted molar refractivity (Wildman–Crippen MR) is 62.4 cm³/mol. The normalized spacial score (nSPS) is 10.2. The van der Waals surface area contributed by atoms with Gasteiger partial charge in [-0.05, 0) is 25.1 Å². The van der Waals surface area contributed by atoms with Gasteiger partial charge in [-0.1, -0.05) is 23.2 Å². The number of halogens is 3. The largest absolute Gasteiger partial charge is 0.352 e. The number of amides is 1. The number of hydrogen-bond donors (Lipinski definition) is 2. The molecule has 0 unspecified atom stereocenters. The van der Waals surface area contributed by atoms with Gasteiger partial charge in [0.2, 0.25) is 0 Å². The molecule has 6 heteroatoms. The standard InChI is InChI=1S/C10H11Cl2FN2O/c11-7-5-8(12)9(13)4-6(7)10(16)15-3-1-2-14/h4-5H,1-3,14H2,(H,15,16). The molecule has 1 rings (SSSR count). The molecule has 88 valence electrons. The minimum atomic E-state index is -0.671. The lowest BCUT2D eigenvalue weighted by Crippen LogP contribution is -2.26. The van der Waals surface area contributed by atoms with E-state index in [-0.39, 0.29) is 15.6 Å². The maximum atomic E-state index is 13.1. The highest BCUT2D eigenvalue weighted by Crippen LogP contribution is 2.24. The first kappa shape index (κ1) is 13.2. The molecule has 0 fully saturated rings. The molecule has 1 aromatic carbocycles. The van der Waals surface area contributed by atoms with Crippen molar-refractivity contribution >= 4 is 29.1 Å². The van der Waals surface area contributed by atoms with Gasteiger partial charge in [0.05, 0.1) is 15.6 Å². The van der Waals surface area contributed by atoms with E-state index in [1.807, 2.05) is 0 Å². The molecule has 0 aliphatic heterocycles. The molecule has 16 heavy (non-hydrogen) atoms. The summed E-state index contributed by atoms with van der Waals surface area (Å²) in [6, 6.07) is 2.22. The van der Waals surface area contributed by atoms with E-state index in [2.05, 4.69) is 5.32 Å². The number of rotatable bonds is 4. The molecule has 1 aromatic rings. The van der Waals surface area contributed by atoms with Crippen LogP contribution in [0.1, 0.15) is 16.8 Å². The highest BCUT2D eigenvalue weighted by molar-refractivity contribution is 6.36. The van der Waals surface area contributed by atoms with Crippen LogP contribution >= 0.6 is 23.2 Å². The molecule has 0 saturated carbocycles. The number of carbonyl (C=O) groups is 1. The second-order valence-electron chi connectivity index (χ2n) is 3.14. The maximum Gasteiger partial charge on any atom is 0.252 e. The van der Waals surface area contributed by atoms with Crippen LogP contribution in [0.25, 0.3) is 0 Å². The van der Waals surface area contributed by atoms with E-state index in [9.17, 15) is 9.18 Å². The zero-order valence-electron chi connectivity index (χ0n) is 8.40. The summed E-state index contributed by atoms with van der Waals surface area (Å²) in [4.78, 5) is 11.6. The first-order valence-electron chi connectivity index (χ1n) is 4.69. The van der Waals surface area contributed by atoms with Gasteiger partial charge in [-0.3, -0.25) is 4.79 Å². The molecular weight excluding hydrogens is 254 g/mol. The van der Waals surface area contributed by atoms with Gasteiger partial charge >= 0.3 is 0 Å². The van der Waals surface area contributed by atoms with E-state index in [4.69, 9.17) is 28.9 Å². The summed E-state index contributed by atoms with van der Waals surface area (Å²) in [5.41, 5.74) is 5.34. The summed E-state index contributed by atoms with van der Waals surface area (Å²) in [6.45, 7) is 0.902. The zero-order valence-corrected chi connectivity index (χ0v) is 9.91. The van der Waals surface area contributed by atoms with Crippen LogP contribution in [0.4, 0.5) is 4.39 Å². The lowest BCUT2D eigenvalue weighted by Gasteiger charge is -2.06. The number of hydrogen-bond acceptors (Lipinski definition) is 2. The molecule has 3 N–H and O–H groups in total. The maximum absolute atomic E-state index is 13.1. The van der Waals surface area contributed by atoms with Crippen LogP contribution in [0, 0.1) is 5.82 Å². The van der Waals surface area contributed by atoms with E-state index < -0.39 is 11.7 Å². The van der Waals surface area contributed by atoms with Crippen molar-refractivity contribution < 1.29 is 9.18 Å². The summed E-state index contributed by atoms with van der Waals surface area (Å²) in [6.07, 6.45) is 0.652. The molecule has 0 aliphatic rings. The van der Waals surface area contributed by atoms with Crippen LogP contribution in [0.3, 0.4) is 0 Å². The molecule has 0 aliphatic carbocycles. The van der Waals surface area contributed by atoms with Crippen molar-refractivity contribution in [1.82, 2.24) is 5.32 Å². The number of benzene rings is 1. The molecule has 0 spiro atoms. The van der Waals surface area contributed by atoms with Crippen LogP contribution in [-0.4, -0.2) is 19.0 Å². The summed E-state index contributed by atoms with van der Waals surface area (Å²) < 4.78 is 13.1. The fourth-order valence-electron chi connectivity index (χ4n) is 1.10. The predicted octanol–water partition coefficient (Wildman–Crippen LogP) is 2.21. The van der Waals surface area contributed by atoms with Crippen LogP contribution in [0.2, 0.25) is 10.0 Å². The van der Waals surface area contributed by atoms with Gasteiger partial charge in [0.25, 0.3) is 5.91 Å². The summed E-state index contributed by atoms with van der Waals surface area (Å²) in [5.74, 6) is -1.11. The van der Waals surface area contributed by atoms with E-state index >= 15 is 0 Å². The molecule has 0 heterocycles. The summed E-state index contributed by atoms with van der Waals surface area (Å²) in [7, 11) is 0. The number of carbonyl (C=O) groups excluding carboxylic acids is 1. The molecule has 0 bridgehead atoms. The Morgan fingerprint density at radius 2 is 2.06 bits per heavy atom. The second kappa shape index (κ2) is 6.03. The van der Waals surface area contributed by atoms with Gasteiger partial charge in [-0.25, -0.2) is 4.39 Å². The van der Waals surface area contributed by atoms with Crippen molar-refractivity contribution in [2.45, 2.75) is 6.42 Å². The fraction of sp³-hybridized carbons (Fsp3) is 0.300. The van der Waals surface area contributed by atoms with E-state index in [1.54, 1.807) is 0 Å². The Morgan fingerprint density at radius 1 is 1.38 bits per heavy atom. The molecule has 0 aromatic heterocycles. The van der Waals surface area contributed by atoms with Crippen LogP contribution in [0.5, 0.6) is 0 Å². The van der Waals surface area contributed by atoms with Crippen molar-refractivity contribution in [2.75, 3.05) is 13.1 Å². The minimum absolute atomic E-state index is 0.0700. The van der Waals surface area contributed by atoms with Gasteiger partial charge in [-0.2, -0.15) is 0 Å². The molecule has 0 radical (unpaired) electrons. The van der Waals surface area contributed by atoms with Gasteiger partial charge in [0.15, 0.2) is 0 Å². The van der Waals surface area contributed by atoms with Crippen molar-refractivity contribution in [2.24, 2.45) is 5.73 Å². The van der Waals surface area contributed by atoms with Crippen molar-refractivity contribution in [3.05, 3.63) is 33.6 Å². The Bertz CT molecular complexity index is 399. The zero-order chi connectivity index (χ0) is 12.1. The smallest absolute Gasteiger partial charge is 0.252 e. The Kier molecular flexibility index (Phi) is 4.99. The van der Waals surface area contributed by atoms with E-state index in [0.29, 0.717) is 19.5 Å². The molecular formula is C10H11Cl2FN2O. The SMILES string of the molecule is NCCCNC(=O)c1cc(F)c(Cl)cc1Cl. The average molecular weight is 265 g/mol. The molecule has 1 amide bonds. The molecule has 0 saturated heterocycles. The quantitative estimate of drug-likeness (QED) is 0.647. The average Bonchev–Trinajstić information content (AvgIpc) is 2.23. The first-order chi connectivity index (χ1) is 7.56. The van der Waals surface area contributed by atoms with Gasteiger partial charge in [0.1, 0.15) is 5.82 Å². The van der Waals surface area contributed by atoms with Crippen LogP contribution < -0.4 is 11.1 Å². The highest BCUT2D eigenvalue weighted by atomic mass is 35.5. The monoisotopic (exact) mass is 264 g/mol. The lowest BCUT2D eigenvalue weighted by atomic mass is 10.2. The van der Waals surface area contributed by atoms with Gasteiger partial charge in [0, 0.05) is 6.54 Å². The van der Waals surface area contributed by atoms with Crippen LogP contribution in [0.15, 0.2) is 12.1 Å². The third kappa shape index (κ3) is 3.33. The van der Waals surface area contributed by atoms with Crippen LogP contribution in [-0.2, 0) is 0 Å². The van der Waals surface area contributed by atoms with Crippen molar-refractivity contribution in [3.8, 4) is 0 Å². The van der Waals surface area contributed by atoms with E-state index in [0.717, 1.165) is 6.07 Å². The third-order valence-electron chi connectivity index (χ3n) is 1.92. The Hall–Kier alpha value is -0.840. The molecule has 3 nitrogen and oxygen atoms in total. The first-order valence-corrected chi connectivity index (χ1v) is 5.44. The van der Waals surface area contributed by atoms with Crippen molar-refractivity contribution in [1.29, 1.82) is 0 Å². The number of nitrogens with two attached hydrogens (primary N) is 1. The lowest BCUT2D eigenvalue weighted by molar-refractivity contribution is 0.0953. The second-order valence-corrected chi connectivity index (χ2v) is 3.96. The summed E-state index contributed by atoms with van der Waals surface area (Å²) in [5, 5.41) is 2.59. The number of nitrogens with one attached hydrogen (secondary N) is 1. The Labute approximate surface area is 103 Å². The van der Waals surface area contributed by atoms with Gasteiger partial charge < -0.3 is 11.1 Å². The highest BCUT2D eigenvalue weighted by Gasteiger charge is 2.13. The Morgan fingerprint density at radius 3 is 2.69 bits per heavy atom. The topological polar surface area (TPSA) is 55.1 Å². The fourth-order valence-corrected chi connectivity index (χ4v) is 1.56. The third-order valence-corrected chi connectivity index (χ3v) is 2.52. The van der Waals surface area contributed by atoms with E-state index in [1.165, 1.54) is 6.07 Å².